The molecule has 1 amide bonds. The highest BCUT2D eigenvalue weighted by Gasteiger charge is 2.21. The van der Waals surface area contributed by atoms with Gasteiger partial charge < -0.3 is 9.88 Å². The molecule has 0 saturated carbocycles. The van der Waals surface area contributed by atoms with Gasteiger partial charge in [-0.05, 0) is 31.9 Å². The summed E-state index contributed by atoms with van der Waals surface area (Å²) in [5.74, 6) is 0.960. The Morgan fingerprint density at radius 3 is 2.88 bits per heavy atom. The second-order valence-corrected chi connectivity index (χ2v) is 4.52. The van der Waals surface area contributed by atoms with Crippen LogP contribution in [0.4, 0.5) is 0 Å². The molecule has 17 heavy (non-hydrogen) atoms. The van der Waals surface area contributed by atoms with Crippen LogP contribution in [-0.2, 0) is 0 Å². The van der Waals surface area contributed by atoms with Gasteiger partial charge >= 0.3 is 0 Å². The zero-order chi connectivity index (χ0) is 11.8. The van der Waals surface area contributed by atoms with Crippen molar-refractivity contribution in [3.05, 3.63) is 29.6 Å². The van der Waals surface area contributed by atoms with Crippen molar-refractivity contribution in [1.82, 2.24) is 14.9 Å². The van der Waals surface area contributed by atoms with Crippen molar-refractivity contribution < 1.29 is 4.79 Å². The lowest BCUT2D eigenvalue weighted by Crippen LogP contribution is -2.27. The Morgan fingerprint density at radius 1 is 1.35 bits per heavy atom. The molecule has 0 spiro atoms. The van der Waals surface area contributed by atoms with E-state index in [1.807, 2.05) is 30.0 Å². The van der Waals surface area contributed by atoms with Crippen molar-refractivity contribution in [2.75, 3.05) is 13.1 Å². The highest BCUT2D eigenvalue weighted by Crippen LogP contribution is 2.20. The van der Waals surface area contributed by atoms with Crippen LogP contribution in [0.2, 0.25) is 0 Å². The van der Waals surface area contributed by atoms with Gasteiger partial charge in [0, 0.05) is 13.1 Å². The van der Waals surface area contributed by atoms with Crippen LogP contribution in [0.5, 0.6) is 0 Å². The highest BCUT2D eigenvalue weighted by atomic mass is 16.2. The molecule has 88 valence electrons. The topological polar surface area (TPSA) is 49.0 Å². The van der Waals surface area contributed by atoms with Crippen LogP contribution in [0.25, 0.3) is 11.0 Å². The van der Waals surface area contributed by atoms with Gasteiger partial charge in [-0.3, -0.25) is 4.79 Å². The summed E-state index contributed by atoms with van der Waals surface area (Å²) in [6.45, 7) is 3.65. The number of aromatic nitrogens is 2. The molecule has 1 fully saturated rings. The number of fused-ring (bicyclic) bond motifs is 1. The number of likely N-dealkylation sites (tertiary alicyclic amines) is 1. The van der Waals surface area contributed by atoms with E-state index >= 15 is 0 Å². The summed E-state index contributed by atoms with van der Waals surface area (Å²) in [6.07, 6.45) is 2.22. The standard InChI is InChI=1S/C13H15N3O/c1-9-14-11-6-4-5-10(12(11)15-9)13(17)16-7-2-3-8-16/h4-6H,2-3,7-8H2,1H3,(H,14,15). The van der Waals surface area contributed by atoms with Crippen molar-refractivity contribution >= 4 is 16.9 Å². The van der Waals surface area contributed by atoms with Gasteiger partial charge in [0.15, 0.2) is 0 Å². The van der Waals surface area contributed by atoms with Crippen LogP contribution >= 0.6 is 0 Å². The SMILES string of the molecule is Cc1nc2c(C(=O)N3CCCC3)cccc2[nH]1. The number of nitrogens with one attached hydrogen (secondary N) is 1. The predicted octanol–water partition coefficient (Wildman–Crippen LogP) is 2.11. The summed E-state index contributed by atoms with van der Waals surface area (Å²) in [6, 6.07) is 5.72. The van der Waals surface area contributed by atoms with Crippen LogP contribution < -0.4 is 0 Å². The quantitative estimate of drug-likeness (QED) is 0.814. The van der Waals surface area contributed by atoms with E-state index in [2.05, 4.69) is 9.97 Å². The molecule has 0 aliphatic carbocycles. The molecule has 0 atom stereocenters. The number of hydrogen-bond acceptors (Lipinski definition) is 2. The second-order valence-electron chi connectivity index (χ2n) is 4.52. The first kappa shape index (κ1) is 10.3. The summed E-state index contributed by atoms with van der Waals surface area (Å²) < 4.78 is 0. The zero-order valence-electron chi connectivity index (χ0n) is 9.86. The lowest BCUT2D eigenvalue weighted by atomic mass is 10.1. The number of imidazole rings is 1. The minimum absolute atomic E-state index is 0.111. The Bertz CT molecular complexity index is 567. The summed E-state index contributed by atoms with van der Waals surface area (Å²) in [4.78, 5) is 21.8. The number of carbonyl (C=O) groups excluding carboxylic acids is 1. The van der Waals surface area contributed by atoms with E-state index in [1.165, 1.54) is 0 Å². The number of rotatable bonds is 1. The first-order valence-electron chi connectivity index (χ1n) is 6.00. The van der Waals surface area contributed by atoms with E-state index in [-0.39, 0.29) is 5.91 Å². The fourth-order valence-electron chi connectivity index (χ4n) is 2.42. The number of para-hydroxylation sites is 1. The largest absolute Gasteiger partial charge is 0.342 e. The Balaban J connectivity index is 2.06. The maximum absolute atomic E-state index is 12.3. The number of aromatic amines is 1. The van der Waals surface area contributed by atoms with Gasteiger partial charge in [-0.1, -0.05) is 6.07 Å². The first-order valence-corrected chi connectivity index (χ1v) is 6.00. The van der Waals surface area contributed by atoms with Crippen LogP contribution in [0.15, 0.2) is 18.2 Å². The minimum atomic E-state index is 0.111. The van der Waals surface area contributed by atoms with Crippen molar-refractivity contribution in [2.24, 2.45) is 0 Å². The number of amides is 1. The number of aryl methyl sites for hydroxylation is 1. The van der Waals surface area contributed by atoms with Gasteiger partial charge in [0.1, 0.15) is 11.3 Å². The van der Waals surface area contributed by atoms with Gasteiger partial charge in [-0.25, -0.2) is 4.98 Å². The highest BCUT2D eigenvalue weighted by molar-refractivity contribution is 6.04. The summed E-state index contributed by atoms with van der Waals surface area (Å²) in [5, 5.41) is 0. The van der Waals surface area contributed by atoms with Crippen molar-refractivity contribution in [3.8, 4) is 0 Å². The summed E-state index contributed by atoms with van der Waals surface area (Å²) >= 11 is 0. The molecule has 2 heterocycles. The Labute approximate surface area is 99.6 Å². The number of nitrogens with zero attached hydrogens (tertiary/aromatic N) is 2. The number of H-pyrrole nitrogens is 1. The lowest BCUT2D eigenvalue weighted by molar-refractivity contribution is 0.0794. The fourth-order valence-corrected chi connectivity index (χ4v) is 2.42. The normalized spacial score (nSPS) is 15.7. The number of hydrogen-bond donors (Lipinski definition) is 1. The minimum Gasteiger partial charge on any atom is -0.342 e. The molecule has 0 radical (unpaired) electrons. The molecular weight excluding hydrogens is 214 g/mol. The van der Waals surface area contributed by atoms with Crippen molar-refractivity contribution in [1.29, 1.82) is 0 Å². The van der Waals surface area contributed by atoms with E-state index in [9.17, 15) is 4.79 Å². The third-order valence-electron chi connectivity index (χ3n) is 3.25. The molecule has 1 aliphatic rings. The second kappa shape index (κ2) is 3.87. The molecule has 0 unspecified atom stereocenters. The van der Waals surface area contributed by atoms with Gasteiger partial charge in [0.25, 0.3) is 5.91 Å². The van der Waals surface area contributed by atoms with Gasteiger partial charge in [0.05, 0.1) is 11.1 Å². The molecule has 1 aliphatic heterocycles. The zero-order valence-corrected chi connectivity index (χ0v) is 9.86. The van der Waals surface area contributed by atoms with Crippen LogP contribution in [0, 0.1) is 6.92 Å². The Hall–Kier alpha value is -1.84. The Morgan fingerprint density at radius 2 is 2.12 bits per heavy atom. The van der Waals surface area contributed by atoms with Crippen molar-refractivity contribution in [3.63, 3.8) is 0 Å². The molecule has 0 bridgehead atoms. The number of carbonyl (C=O) groups is 1. The third kappa shape index (κ3) is 1.69. The molecule has 4 nitrogen and oxygen atoms in total. The maximum Gasteiger partial charge on any atom is 0.256 e. The predicted molar refractivity (Wildman–Crippen MR) is 66.0 cm³/mol. The maximum atomic E-state index is 12.3. The molecule has 1 aromatic heterocycles. The van der Waals surface area contributed by atoms with Crippen LogP contribution in [0.3, 0.4) is 0 Å². The van der Waals surface area contributed by atoms with E-state index < -0.39 is 0 Å². The molecule has 1 N–H and O–H groups in total. The van der Waals surface area contributed by atoms with Gasteiger partial charge in [0.2, 0.25) is 0 Å². The first-order chi connectivity index (χ1) is 8.25. The average molecular weight is 229 g/mol. The van der Waals surface area contributed by atoms with Crippen LogP contribution in [0.1, 0.15) is 29.0 Å². The van der Waals surface area contributed by atoms with E-state index in [0.29, 0.717) is 5.56 Å². The van der Waals surface area contributed by atoms with E-state index in [0.717, 1.165) is 42.8 Å². The van der Waals surface area contributed by atoms with E-state index in [4.69, 9.17) is 0 Å². The molecule has 1 saturated heterocycles. The molecule has 1 aromatic carbocycles. The lowest BCUT2D eigenvalue weighted by Gasteiger charge is -2.15. The molecule has 4 heteroatoms. The average Bonchev–Trinajstić information content (AvgIpc) is 2.94. The van der Waals surface area contributed by atoms with Gasteiger partial charge in [-0.15, -0.1) is 0 Å². The number of benzene rings is 1. The fraction of sp³-hybridized carbons (Fsp3) is 0.385. The molecule has 2 aromatic rings. The van der Waals surface area contributed by atoms with Crippen LogP contribution in [-0.4, -0.2) is 33.9 Å². The molecule has 3 rings (SSSR count). The summed E-state index contributed by atoms with van der Waals surface area (Å²) in [5.41, 5.74) is 2.45. The van der Waals surface area contributed by atoms with Crippen molar-refractivity contribution in [2.45, 2.75) is 19.8 Å². The third-order valence-corrected chi connectivity index (χ3v) is 3.25. The monoisotopic (exact) mass is 229 g/mol. The molecular formula is C13H15N3O. The Kier molecular flexibility index (Phi) is 2.35. The smallest absolute Gasteiger partial charge is 0.256 e. The summed E-state index contributed by atoms with van der Waals surface area (Å²) in [7, 11) is 0. The van der Waals surface area contributed by atoms with Gasteiger partial charge in [-0.2, -0.15) is 0 Å². The van der Waals surface area contributed by atoms with E-state index in [1.54, 1.807) is 0 Å².